The summed E-state index contributed by atoms with van der Waals surface area (Å²) in [5, 5.41) is -0.266. The molecule has 118 valence electrons. The maximum absolute atomic E-state index is 12.2. The summed E-state index contributed by atoms with van der Waals surface area (Å²) < 4.78 is 24.3. The van der Waals surface area contributed by atoms with Gasteiger partial charge in [0.1, 0.15) is 0 Å². The Morgan fingerprint density at radius 3 is 2.55 bits per heavy atom. The quantitative estimate of drug-likeness (QED) is 0.860. The van der Waals surface area contributed by atoms with Gasteiger partial charge < -0.3 is 5.73 Å². The third-order valence-electron chi connectivity index (χ3n) is 5.60. The summed E-state index contributed by atoms with van der Waals surface area (Å²) in [4.78, 5) is 2.43. The molecule has 1 saturated carbocycles. The van der Waals surface area contributed by atoms with E-state index in [-0.39, 0.29) is 10.8 Å². The van der Waals surface area contributed by atoms with Gasteiger partial charge in [0.15, 0.2) is 9.84 Å². The lowest BCUT2D eigenvalue weighted by molar-refractivity contribution is 0.104. The molecule has 2 fully saturated rings. The second kappa shape index (κ2) is 6.32. The van der Waals surface area contributed by atoms with Crippen molar-refractivity contribution < 1.29 is 8.42 Å². The van der Waals surface area contributed by atoms with E-state index in [4.69, 9.17) is 5.73 Å². The molecular weight excluding hydrogens is 272 g/mol. The summed E-state index contributed by atoms with van der Waals surface area (Å²) in [5.41, 5.74) is 5.80. The topological polar surface area (TPSA) is 63.4 Å². The zero-order valence-electron chi connectivity index (χ0n) is 13.0. The average molecular weight is 302 g/mol. The number of nitrogens with zero attached hydrogens (tertiary/aromatic N) is 1. The van der Waals surface area contributed by atoms with E-state index in [1.807, 2.05) is 0 Å². The average Bonchev–Trinajstić information content (AvgIpc) is 2.71. The van der Waals surface area contributed by atoms with Crippen molar-refractivity contribution in [3.05, 3.63) is 0 Å². The largest absolute Gasteiger partial charge is 0.329 e. The highest BCUT2D eigenvalue weighted by Gasteiger charge is 2.50. The molecule has 5 heteroatoms. The summed E-state index contributed by atoms with van der Waals surface area (Å²) in [6, 6.07) is 0. The Morgan fingerprint density at radius 1 is 1.20 bits per heavy atom. The van der Waals surface area contributed by atoms with Crippen molar-refractivity contribution in [3.8, 4) is 0 Å². The SMILES string of the molecule is CCC1CCCN(C2(CN)CCCC2S(C)(=O)=O)CC1. The first-order valence-corrected chi connectivity index (χ1v) is 10.0. The highest BCUT2D eigenvalue weighted by Crippen LogP contribution is 2.40. The molecule has 4 nitrogen and oxygen atoms in total. The molecule has 0 spiro atoms. The smallest absolute Gasteiger partial charge is 0.152 e. The lowest BCUT2D eigenvalue weighted by Gasteiger charge is -2.44. The fourth-order valence-corrected chi connectivity index (χ4v) is 6.13. The first kappa shape index (κ1) is 16.2. The van der Waals surface area contributed by atoms with E-state index in [1.165, 1.54) is 31.9 Å². The number of rotatable bonds is 4. The number of likely N-dealkylation sites (tertiary alicyclic amines) is 1. The van der Waals surface area contributed by atoms with E-state index in [0.29, 0.717) is 6.54 Å². The predicted octanol–water partition coefficient (Wildman–Crippen LogP) is 1.79. The maximum Gasteiger partial charge on any atom is 0.152 e. The number of nitrogens with two attached hydrogens (primary N) is 1. The minimum atomic E-state index is -3.02. The molecule has 0 aromatic carbocycles. The van der Waals surface area contributed by atoms with Crippen LogP contribution in [0, 0.1) is 5.92 Å². The van der Waals surface area contributed by atoms with E-state index in [9.17, 15) is 8.42 Å². The van der Waals surface area contributed by atoms with Crippen LogP contribution in [-0.4, -0.2) is 50.0 Å². The lowest BCUT2D eigenvalue weighted by atomic mass is 9.94. The van der Waals surface area contributed by atoms with Crippen LogP contribution in [0.15, 0.2) is 0 Å². The summed E-state index contributed by atoms with van der Waals surface area (Å²) >= 11 is 0. The molecule has 0 aromatic heterocycles. The van der Waals surface area contributed by atoms with Crippen LogP contribution in [-0.2, 0) is 9.84 Å². The summed E-state index contributed by atoms with van der Waals surface area (Å²) in [5.74, 6) is 0.799. The summed E-state index contributed by atoms with van der Waals surface area (Å²) in [6.07, 6.45) is 8.98. The lowest BCUT2D eigenvalue weighted by Crippen LogP contribution is -2.60. The Bertz CT molecular complexity index is 424. The van der Waals surface area contributed by atoms with Gasteiger partial charge in [-0.1, -0.05) is 19.8 Å². The monoisotopic (exact) mass is 302 g/mol. The third kappa shape index (κ3) is 3.04. The van der Waals surface area contributed by atoms with Crippen molar-refractivity contribution in [1.29, 1.82) is 0 Å². The molecule has 0 bridgehead atoms. The number of hydrogen-bond acceptors (Lipinski definition) is 4. The highest BCUT2D eigenvalue weighted by atomic mass is 32.2. The second-order valence-electron chi connectivity index (χ2n) is 6.71. The molecule has 3 unspecified atom stereocenters. The molecule has 3 atom stereocenters. The van der Waals surface area contributed by atoms with Crippen LogP contribution >= 0.6 is 0 Å². The van der Waals surface area contributed by atoms with Crippen molar-refractivity contribution >= 4 is 9.84 Å². The zero-order valence-corrected chi connectivity index (χ0v) is 13.8. The maximum atomic E-state index is 12.2. The van der Waals surface area contributed by atoms with Gasteiger partial charge in [0.2, 0.25) is 0 Å². The van der Waals surface area contributed by atoms with Crippen LogP contribution < -0.4 is 5.73 Å². The van der Waals surface area contributed by atoms with Crippen LogP contribution in [0.3, 0.4) is 0 Å². The molecule has 2 N–H and O–H groups in total. The molecule has 0 aromatic rings. The van der Waals surface area contributed by atoms with Crippen LogP contribution in [0.5, 0.6) is 0 Å². The van der Waals surface area contributed by atoms with Gasteiger partial charge in [0, 0.05) is 18.3 Å². The Balaban J connectivity index is 2.22. The Morgan fingerprint density at radius 2 is 1.95 bits per heavy atom. The third-order valence-corrected chi connectivity index (χ3v) is 7.31. The fourth-order valence-electron chi connectivity index (χ4n) is 4.38. The van der Waals surface area contributed by atoms with Gasteiger partial charge in [-0.15, -0.1) is 0 Å². The van der Waals surface area contributed by atoms with Crippen LogP contribution in [0.25, 0.3) is 0 Å². The number of hydrogen-bond donors (Lipinski definition) is 1. The van der Waals surface area contributed by atoms with Gasteiger partial charge >= 0.3 is 0 Å². The minimum absolute atomic E-state index is 0.266. The molecule has 1 heterocycles. The molecule has 1 aliphatic heterocycles. The van der Waals surface area contributed by atoms with Crippen molar-refractivity contribution in [2.24, 2.45) is 11.7 Å². The van der Waals surface area contributed by atoms with E-state index < -0.39 is 9.84 Å². The second-order valence-corrected chi connectivity index (χ2v) is 8.94. The van der Waals surface area contributed by atoms with Crippen molar-refractivity contribution in [1.82, 2.24) is 4.90 Å². The molecule has 20 heavy (non-hydrogen) atoms. The van der Waals surface area contributed by atoms with Crippen LogP contribution in [0.2, 0.25) is 0 Å². The Kier molecular flexibility index (Phi) is 5.14. The van der Waals surface area contributed by atoms with E-state index in [2.05, 4.69) is 11.8 Å². The summed E-state index contributed by atoms with van der Waals surface area (Å²) in [7, 11) is -3.02. The van der Waals surface area contributed by atoms with Gasteiger partial charge in [-0.3, -0.25) is 4.90 Å². The molecule has 0 amide bonds. The van der Waals surface area contributed by atoms with Gasteiger partial charge in [0.25, 0.3) is 0 Å². The fraction of sp³-hybridized carbons (Fsp3) is 1.00. The van der Waals surface area contributed by atoms with Crippen molar-refractivity contribution in [3.63, 3.8) is 0 Å². The molecule has 1 aliphatic carbocycles. The van der Waals surface area contributed by atoms with Crippen molar-refractivity contribution in [2.45, 2.75) is 62.7 Å². The van der Waals surface area contributed by atoms with Crippen LogP contribution in [0.4, 0.5) is 0 Å². The normalized spacial score (nSPS) is 37.0. The minimum Gasteiger partial charge on any atom is -0.329 e. The van der Waals surface area contributed by atoms with Gasteiger partial charge in [0.05, 0.1) is 5.25 Å². The van der Waals surface area contributed by atoms with Crippen molar-refractivity contribution in [2.75, 3.05) is 25.9 Å². The Hall–Kier alpha value is -0.130. The molecule has 2 rings (SSSR count). The van der Waals surface area contributed by atoms with E-state index >= 15 is 0 Å². The van der Waals surface area contributed by atoms with Gasteiger partial charge in [-0.25, -0.2) is 8.42 Å². The first-order chi connectivity index (χ1) is 9.44. The molecule has 1 saturated heterocycles. The molecule has 2 aliphatic rings. The van der Waals surface area contributed by atoms with Crippen LogP contribution in [0.1, 0.15) is 51.9 Å². The summed E-state index contributed by atoms with van der Waals surface area (Å²) in [6.45, 7) is 4.76. The Labute approximate surface area is 124 Å². The van der Waals surface area contributed by atoms with Gasteiger partial charge in [-0.05, 0) is 51.1 Å². The first-order valence-electron chi connectivity index (χ1n) is 8.08. The highest BCUT2D eigenvalue weighted by molar-refractivity contribution is 7.91. The molecular formula is C15H30N2O2S. The number of sulfone groups is 1. The molecule has 0 radical (unpaired) electrons. The van der Waals surface area contributed by atoms with E-state index in [0.717, 1.165) is 38.3 Å². The zero-order chi connectivity index (χ0) is 14.8. The predicted molar refractivity (Wildman–Crippen MR) is 83.5 cm³/mol. The standard InChI is InChI=1S/C15H30N2O2S/c1-3-13-6-5-10-17(11-8-13)15(12-16)9-4-7-14(15)20(2,18)19/h13-14H,3-12,16H2,1-2H3. The van der Waals surface area contributed by atoms with E-state index in [1.54, 1.807) is 0 Å². The van der Waals surface area contributed by atoms with Gasteiger partial charge in [-0.2, -0.15) is 0 Å².